The van der Waals surface area contributed by atoms with Gasteiger partial charge in [0, 0.05) is 6.04 Å². The second-order valence-electron chi connectivity index (χ2n) is 6.99. The van der Waals surface area contributed by atoms with Gasteiger partial charge in [0.2, 0.25) is 0 Å². The monoisotopic (exact) mass is 281 g/mol. The van der Waals surface area contributed by atoms with Crippen LogP contribution in [0.3, 0.4) is 0 Å². The predicted octanol–water partition coefficient (Wildman–Crippen LogP) is 4.53. The SMILES string of the molecule is CCNC1CCC(CC)CC1OC1CCCC(CC)C1. The molecule has 2 aliphatic carbocycles. The van der Waals surface area contributed by atoms with Crippen LogP contribution in [-0.4, -0.2) is 24.8 Å². The van der Waals surface area contributed by atoms with E-state index in [2.05, 4.69) is 26.1 Å². The molecule has 2 aliphatic rings. The first-order chi connectivity index (χ1) is 9.76. The third-order valence-electron chi connectivity index (χ3n) is 5.62. The lowest BCUT2D eigenvalue weighted by atomic mass is 9.81. The fourth-order valence-corrected chi connectivity index (χ4v) is 4.21. The fraction of sp³-hybridized carbons (Fsp3) is 1.00. The van der Waals surface area contributed by atoms with E-state index >= 15 is 0 Å². The van der Waals surface area contributed by atoms with E-state index in [1.54, 1.807) is 0 Å². The Morgan fingerprint density at radius 2 is 1.65 bits per heavy atom. The highest BCUT2D eigenvalue weighted by Crippen LogP contribution is 2.34. The molecule has 0 aromatic heterocycles. The van der Waals surface area contributed by atoms with Gasteiger partial charge in [-0.2, -0.15) is 0 Å². The zero-order chi connectivity index (χ0) is 14.4. The summed E-state index contributed by atoms with van der Waals surface area (Å²) in [4.78, 5) is 0. The van der Waals surface area contributed by atoms with Crippen LogP contribution in [0, 0.1) is 11.8 Å². The average molecular weight is 281 g/mol. The lowest BCUT2D eigenvalue weighted by Crippen LogP contribution is -2.47. The maximum Gasteiger partial charge on any atom is 0.0734 e. The zero-order valence-corrected chi connectivity index (χ0v) is 13.9. The molecule has 20 heavy (non-hydrogen) atoms. The summed E-state index contributed by atoms with van der Waals surface area (Å²) >= 11 is 0. The number of likely N-dealkylation sites (N-methyl/N-ethyl adjacent to an activating group) is 1. The van der Waals surface area contributed by atoms with E-state index < -0.39 is 0 Å². The molecule has 0 aromatic rings. The van der Waals surface area contributed by atoms with Crippen LogP contribution >= 0.6 is 0 Å². The summed E-state index contributed by atoms with van der Waals surface area (Å²) in [6.45, 7) is 7.96. The Morgan fingerprint density at radius 3 is 2.35 bits per heavy atom. The molecule has 1 N–H and O–H groups in total. The quantitative estimate of drug-likeness (QED) is 0.772. The van der Waals surface area contributed by atoms with Gasteiger partial charge >= 0.3 is 0 Å². The van der Waals surface area contributed by atoms with Gasteiger partial charge in [-0.05, 0) is 50.5 Å². The third kappa shape index (κ3) is 4.46. The minimum absolute atomic E-state index is 0.467. The Bertz CT molecular complexity index is 268. The highest BCUT2D eigenvalue weighted by molar-refractivity contribution is 4.87. The van der Waals surface area contributed by atoms with Gasteiger partial charge < -0.3 is 10.1 Å². The molecule has 0 amide bonds. The first-order valence-electron chi connectivity index (χ1n) is 9.15. The van der Waals surface area contributed by atoms with Crippen LogP contribution in [0.4, 0.5) is 0 Å². The van der Waals surface area contributed by atoms with Gasteiger partial charge in [0.15, 0.2) is 0 Å². The van der Waals surface area contributed by atoms with E-state index in [0.717, 1.165) is 18.4 Å². The molecule has 5 atom stereocenters. The Kier molecular flexibility index (Phi) is 6.83. The van der Waals surface area contributed by atoms with Crippen molar-refractivity contribution in [1.29, 1.82) is 0 Å². The number of hydrogen-bond acceptors (Lipinski definition) is 2. The van der Waals surface area contributed by atoms with Crippen LogP contribution in [0.15, 0.2) is 0 Å². The van der Waals surface area contributed by atoms with E-state index in [1.807, 2.05) is 0 Å². The van der Waals surface area contributed by atoms with E-state index in [9.17, 15) is 0 Å². The summed E-state index contributed by atoms with van der Waals surface area (Å²) in [7, 11) is 0. The number of nitrogens with one attached hydrogen (secondary N) is 1. The van der Waals surface area contributed by atoms with Crippen LogP contribution in [-0.2, 0) is 4.74 Å². The normalized spacial score (nSPS) is 38.9. The molecule has 2 nitrogen and oxygen atoms in total. The molecule has 2 saturated carbocycles. The molecule has 118 valence electrons. The van der Waals surface area contributed by atoms with Gasteiger partial charge in [-0.3, -0.25) is 0 Å². The van der Waals surface area contributed by atoms with Crippen molar-refractivity contribution in [2.75, 3.05) is 6.54 Å². The lowest BCUT2D eigenvalue weighted by Gasteiger charge is -2.40. The first-order valence-corrected chi connectivity index (χ1v) is 9.15. The predicted molar refractivity (Wildman–Crippen MR) is 86.0 cm³/mol. The van der Waals surface area contributed by atoms with Gasteiger partial charge in [0.1, 0.15) is 0 Å². The zero-order valence-electron chi connectivity index (χ0n) is 13.9. The molecule has 0 radical (unpaired) electrons. The van der Waals surface area contributed by atoms with Crippen molar-refractivity contribution in [3.8, 4) is 0 Å². The summed E-state index contributed by atoms with van der Waals surface area (Å²) in [5.41, 5.74) is 0. The third-order valence-corrected chi connectivity index (χ3v) is 5.62. The highest BCUT2D eigenvalue weighted by atomic mass is 16.5. The van der Waals surface area contributed by atoms with E-state index in [1.165, 1.54) is 57.8 Å². The van der Waals surface area contributed by atoms with Crippen LogP contribution in [0.5, 0.6) is 0 Å². The molecule has 2 fully saturated rings. The Morgan fingerprint density at radius 1 is 0.900 bits per heavy atom. The minimum Gasteiger partial charge on any atom is -0.373 e. The van der Waals surface area contributed by atoms with Crippen LogP contribution < -0.4 is 5.32 Å². The average Bonchev–Trinajstić information content (AvgIpc) is 2.49. The molecule has 0 saturated heterocycles. The summed E-state index contributed by atoms with van der Waals surface area (Å²) < 4.78 is 6.60. The molecule has 5 unspecified atom stereocenters. The van der Waals surface area contributed by atoms with Gasteiger partial charge in [0.05, 0.1) is 12.2 Å². The van der Waals surface area contributed by atoms with Crippen LogP contribution in [0.1, 0.15) is 78.6 Å². The van der Waals surface area contributed by atoms with Crippen molar-refractivity contribution < 1.29 is 4.74 Å². The number of ether oxygens (including phenoxy) is 1. The van der Waals surface area contributed by atoms with E-state index in [0.29, 0.717) is 18.2 Å². The summed E-state index contributed by atoms with van der Waals surface area (Å²) in [6, 6.07) is 0.602. The van der Waals surface area contributed by atoms with Crippen LogP contribution in [0.2, 0.25) is 0 Å². The molecule has 2 rings (SSSR count). The summed E-state index contributed by atoms with van der Waals surface area (Å²) in [5, 5.41) is 3.67. The second kappa shape index (κ2) is 8.38. The van der Waals surface area contributed by atoms with Crippen molar-refractivity contribution in [3.05, 3.63) is 0 Å². The molecule has 0 heterocycles. The van der Waals surface area contributed by atoms with E-state index in [-0.39, 0.29) is 0 Å². The highest BCUT2D eigenvalue weighted by Gasteiger charge is 2.33. The Hall–Kier alpha value is -0.0800. The molecular formula is C18H35NO. The smallest absolute Gasteiger partial charge is 0.0734 e. The lowest BCUT2D eigenvalue weighted by molar-refractivity contribution is -0.0773. The maximum atomic E-state index is 6.60. The second-order valence-corrected chi connectivity index (χ2v) is 6.99. The molecule has 0 aliphatic heterocycles. The summed E-state index contributed by atoms with van der Waals surface area (Å²) in [5.74, 6) is 1.80. The maximum absolute atomic E-state index is 6.60. The minimum atomic E-state index is 0.467. The van der Waals surface area contributed by atoms with Gasteiger partial charge in [-0.15, -0.1) is 0 Å². The number of hydrogen-bond donors (Lipinski definition) is 1. The fourth-order valence-electron chi connectivity index (χ4n) is 4.21. The standard InChI is InChI=1S/C18H35NO/c1-4-14-8-7-9-16(12-14)20-18-13-15(5-2)10-11-17(18)19-6-3/h14-19H,4-13H2,1-3H3. The summed E-state index contributed by atoms with van der Waals surface area (Å²) in [6.07, 6.45) is 13.0. The molecule has 2 heteroatoms. The number of rotatable bonds is 6. The largest absolute Gasteiger partial charge is 0.373 e. The van der Waals surface area contributed by atoms with Crippen molar-refractivity contribution in [2.24, 2.45) is 11.8 Å². The molecule has 0 bridgehead atoms. The molecule has 0 aromatic carbocycles. The van der Waals surface area contributed by atoms with Crippen molar-refractivity contribution >= 4 is 0 Å². The van der Waals surface area contributed by atoms with Gasteiger partial charge in [-0.25, -0.2) is 0 Å². The molecule has 0 spiro atoms. The molecular weight excluding hydrogens is 246 g/mol. The Labute approximate surface area is 126 Å². The van der Waals surface area contributed by atoms with Gasteiger partial charge in [-0.1, -0.05) is 46.5 Å². The topological polar surface area (TPSA) is 21.3 Å². The van der Waals surface area contributed by atoms with Crippen molar-refractivity contribution in [2.45, 2.75) is 96.8 Å². The Balaban J connectivity index is 1.88. The van der Waals surface area contributed by atoms with Crippen molar-refractivity contribution in [1.82, 2.24) is 5.32 Å². The van der Waals surface area contributed by atoms with Crippen molar-refractivity contribution in [3.63, 3.8) is 0 Å². The first kappa shape index (κ1) is 16.3. The van der Waals surface area contributed by atoms with Gasteiger partial charge in [0.25, 0.3) is 0 Å². The van der Waals surface area contributed by atoms with Crippen LogP contribution in [0.25, 0.3) is 0 Å². The van der Waals surface area contributed by atoms with E-state index in [4.69, 9.17) is 4.74 Å².